The molecule has 0 aliphatic carbocycles. The zero-order valence-electron chi connectivity index (χ0n) is 13.6. The molecule has 1 heterocycles. The lowest BCUT2D eigenvalue weighted by Crippen LogP contribution is -2.32. The SMILES string of the molecule is Cc1cc(C)cc(C(C)NCCC2CCN(C)CC2)c1. The molecular weight excluding hydrogens is 244 g/mol. The van der Waals surface area contributed by atoms with Crippen LogP contribution in [-0.2, 0) is 0 Å². The highest BCUT2D eigenvalue weighted by atomic mass is 15.1. The summed E-state index contributed by atoms with van der Waals surface area (Å²) in [5.41, 5.74) is 4.15. The van der Waals surface area contributed by atoms with Crippen molar-refractivity contribution in [3.63, 3.8) is 0 Å². The van der Waals surface area contributed by atoms with E-state index in [1.165, 1.54) is 49.0 Å². The molecule has 0 aromatic heterocycles. The van der Waals surface area contributed by atoms with Gasteiger partial charge < -0.3 is 10.2 Å². The summed E-state index contributed by atoms with van der Waals surface area (Å²) < 4.78 is 0. The molecule has 2 nitrogen and oxygen atoms in total. The number of hydrogen-bond acceptors (Lipinski definition) is 2. The van der Waals surface area contributed by atoms with Gasteiger partial charge in [0.25, 0.3) is 0 Å². The van der Waals surface area contributed by atoms with E-state index in [1.54, 1.807) is 0 Å². The van der Waals surface area contributed by atoms with Crippen LogP contribution in [0.4, 0.5) is 0 Å². The van der Waals surface area contributed by atoms with Crippen molar-refractivity contribution >= 4 is 0 Å². The van der Waals surface area contributed by atoms with Gasteiger partial charge in [-0.2, -0.15) is 0 Å². The molecule has 0 radical (unpaired) electrons. The first-order valence-electron chi connectivity index (χ1n) is 8.04. The molecule has 112 valence electrons. The molecule has 0 bridgehead atoms. The van der Waals surface area contributed by atoms with Gasteiger partial charge >= 0.3 is 0 Å². The van der Waals surface area contributed by atoms with Crippen LogP contribution < -0.4 is 5.32 Å². The van der Waals surface area contributed by atoms with Crippen molar-refractivity contribution in [1.82, 2.24) is 10.2 Å². The fourth-order valence-corrected chi connectivity index (χ4v) is 3.23. The van der Waals surface area contributed by atoms with E-state index in [-0.39, 0.29) is 0 Å². The molecular formula is C18H30N2. The highest BCUT2D eigenvalue weighted by Gasteiger charge is 2.16. The molecule has 1 N–H and O–H groups in total. The maximum Gasteiger partial charge on any atom is 0.0291 e. The van der Waals surface area contributed by atoms with E-state index in [4.69, 9.17) is 0 Å². The van der Waals surface area contributed by atoms with E-state index in [0.29, 0.717) is 6.04 Å². The summed E-state index contributed by atoms with van der Waals surface area (Å²) in [4.78, 5) is 2.45. The average molecular weight is 274 g/mol. The summed E-state index contributed by atoms with van der Waals surface area (Å²) in [6.45, 7) is 10.3. The Morgan fingerprint density at radius 2 is 1.75 bits per heavy atom. The third-order valence-corrected chi connectivity index (χ3v) is 4.59. The summed E-state index contributed by atoms with van der Waals surface area (Å²) in [7, 11) is 2.23. The molecule has 1 saturated heterocycles. The molecule has 0 amide bonds. The van der Waals surface area contributed by atoms with Crippen LogP contribution in [0.5, 0.6) is 0 Å². The van der Waals surface area contributed by atoms with Crippen LogP contribution in [0.2, 0.25) is 0 Å². The van der Waals surface area contributed by atoms with Crippen LogP contribution in [0.25, 0.3) is 0 Å². The van der Waals surface area contributed by atoms with Crippen LogP contribution in [0.1, 0.15) is 48.9 Å². The van der Waals surface area contributed by atoms with Crippen molar-refractivity contribution in [3.8, 4) is 0 Å². The van der Waals surface area contributed by atoms with Crippen LogP contribution in [0, 0.1) is 19.8 Å². The van der Waals surface area contributed by atoms with E-state index in [0.717, 1.165) is 12.5 Å². The Morgan fingerprint density at radius 1 is 1.15 bits per heavy atom. The third kappa shape index (κ3) is 4.60. The fraction of sp³-hybridized carbons (Fsp3) is 0.667. The van der Waals surface area contributed by atoms with E-state index < -0.39 is 0 Å². The van der Waals surface area contributed by atoms with Crippen molar-refractivity contribution in [2.75, 3.05) is 26.7 Å². The zero-order chi connectivity index (χ0) is 14.5. The van der Waals surface area contributed by atoms with Crippen molar-refractivity contribution in [1.29, 1.82) is 0 Å². The van der Waals surface area contributed by atoms with E-state index in [1.807, 2.05) is 0 Å². The molecule has 1 aromatic carbocycles. The normalized spacial score (nSPS) is 19.2. The minimum absolute atomic E-state index is 0.458. The van der Waals surface area contributed by atoms with E-state index in [9.17, 15) is 0 Å². The maximum atomic E-state index is 3.70. The van der Waals surface area contributed by atoms with Crippen molar-refractivity contribution < 1.29 is 0 Å². The standard InChI is InChI=1S/C18H30N2/c1-14-11-15(2)13-18(12-14)16(3)19-8-5-17-6-9-20(4)10-7-17/h11-13,16-17,19H,5-10H2,1-4H3. The lowest BCUT2D eigenvalue weighted by atomic mass is 9.93. The van der Waals surface area contributed by atoms with Gasteiger partial charge in [0.2, 0.25) is 0 Å². The Hall–Kier alpha value is -0.860. The molecule has 1 aromatic rings. The van der Waals surface area contributed by atoms with Gasteiger partial charge in [0.05, 0.1) is 0 Å². The summed E-state index contributed by atoms with van der Waals surface area (Å²) in [6, 6.07) is 7.31. The van der Waals surface area contributed by atoms with Gasteiger partial charge in [-0.15, -0.1) is 0 Å². The van der Waals surface area contributed by atoms with Gasteiger partial charge in [-0.05, 0) is 78.2 Å². The second-order valence-electron chi connectivity index (χ2n) is 6.63. The van der Waals surface area contributed by atoms with Crippen molar-refractivity contribution in [2.45, 2.75) is 46.1 Å². The number of nitrogens with one attached hydrogen (secondary N) is 1. The van der Waals surface area contributed by atoms with Gasteiger partial charge in [0.1, 0.15) is 0 Å². The van der Waals surface area contributed by atoms with Gasteiger partial charge in [0.15, 0.2) is 0 Å². The number of nitrogens with zero attached hydrogens (tertiary/aromatic N) is 1. The first kappa shape index (κ1) is 15.5. The van der Waals surface area contributed by atoms with Crippen molar-refractivity contribution in [3.05, 3.63) is 34.9 Å². The van der Waals surface area contributed by atoms with Crippen molar-refractivity contribution in [2.24, 2.45) is 5.92 Å². The van der Waals surface area contributed by atoms with Crippen LogP contribution in [-0.4, -0.2) is 31.6 Å². The minimum atomic E-state index is 0.458. The van der Waals surface area contributed by atoms with Crippen LogP contribution in [0.3, 0.4) is 0 Å². The Morgan fingerprint density at radius 3 is 2.35 bits per heavy atom. The quantitative estimate of drug-likeness (QED) is 0.881. The predicted molar refractivity (Wildman–Crippen MR) is 87.2 cm³/mol. The molecule has 2 rings (SSSR count). The summed E-state index contributed by atoms with van der Waals surface area (Å²) >= 11 is 0. The van der Waals surface area contributed by atoms with Gasteiger partial charge in [-0.1, -0.05) is 29.3 Å². The highest BCUT2D eigenvalue weighted by molar-refractivity contribution is 5.30. The molecule has 1 unspecified atom stereocenters. The molecule has 1 fully saturated rings. The molecule has 20 heavy (non-hydrogen) atoms. The smallest absolute Gasteiger partial charge is 0.0291 e. The Bertz CT molecular complexity index is 399. The molecule has 0 saturated carbocycles. The van der Waals surface area contributed by atoms with Gasteiger partial charge in [-0.3, -0.25) is 0 Å². The highest BCUT2D eigenvalue weighted by Crippen LogP contribution is 2.20. The average Bonchev–Trinajstić information content (AvgIpc) is 2.40. The number of likely N-dealkylation sites (tertiary alicyclic amines) is 1. The third-order valence-electron chi connectivity index (χ3n) is 4.59. The zero-order valence-corrected chi connectivity index (χ0v) is 13.6. The topological polar surface area (TPSA) is 15.3 Å². The molecule has 1 atom stereocenters. The summed E-state index contributed by atoms with van der Waals surface area (Å²) in [5, 5.41) is 3.70. The molecule has 1 aliphatic rings. The lowest BCUT2D eigenvalue weighted by Gasteiger charge is -2.29. The monoisotopic (exact) mass is 274 g/mol. The number of piperidine rings is 1. The molecule has 2 heteroatoms. The fourth-order valence-electron chi connectivity index (χ4n) is 3.23. The Kier molecular flexibility index (Phi) is 5.62. The summed E-state index contributed by atoms with van der Waals surface area (Å²) in [5.74, 6) is 0.921. The Labute approximate surface area is 124 Å². The summed E-state index contributed by atoms with van der Waals surface area (Å²) in [6.07, 6.45) is 4.06. The Balaban J connectivity index is 1.76. The maximum absolute atomic E-state index is 3.70. The predicted octanol–water partition coefficient (Wildman–Crippen LogP) is 3.69. The van der Waals surface area contributed by atoms with Crippen LogP contribution in [0.15, 0.2) is 18.2 Å². The minimum Gasteiger partial charge on any atom is -0.310 e. The largest absolute Gasteiger partial charge is 0.310 e. The second-order valence-corrected chi connectivity index (χ2v) is 6.63. The van der Waals surface area contributed by atoms with Crippen LogP contribution >= 0.6 is 0 Å². The number of benzene rings is 1. The van der Waals surface area contributed by atoms with E-state index >= 15 is 0 Å². The lowest BCUT2D eigenvalue weighted by molar-refractivity contribution is 0.211. The molecule has 1 aliphatic heterocycles. The first-order chi connectivity index (χ1) is 9.54. The van der Waals surface area contributed by atoms with Gasteiger partial charge in [0, 0.05) is 6.04 Å². The number of hydrogen-bond donors (Lipinski definition) is 1. The molecule has 0 spiro atoms. The number of aryl methyl sites for hydroxylation is 2. The van der Waals surface area contributed by atoms with Gasteiger partial charge in [-0.25, -0.2) is 0 Å². The van der Waals surface area contributed by atoms with E-state index in [2.05, 4.69) is 56.2 Å². The first-order valence-corrected chi connectivity index (χ1v) is 8.04. The second kappa shape index (κ2) is 7.24. The number of rotatable bonds is 5.